The first-order valence-electron chi connectivity index (χ1n) is 8.64. The Bertz CT molecular complexity index is 502. The van der Waals surface area contributed by atoms with Crippen LogP contribution in [0.4, 0.5) is 0 Å². The molecule has 1 aromatic carbocycles. The van der Waals surface area contributed by atoms with Gasteiger partial charge in [0, 0.05) is 12.0 Å². The zero-order valence-corrected chi connectivity index (χ0v) is 14.0. The second-order valence-corrected chi connectivity index (χ2v) is 6.78. The van der Waals surface area contributed by atoms with Crippen LogP contribution < -0.4 is 0 Å². The number of benzene rings is 1. The van der Waals surface area contributed by atoms with Gasteiger partial charge < -0.3 is 5.21 Å². The molecule has 0 amide bonds. The standard InChI is InChI=1S/C20H29NO/c1-17(2)20-13-8-12-18(15-20)9-6-7-14-21(22)16-19-10-4-3-5-11-19/h3-5,10-12,14,17,20H,6-9,13,15-16H2,1-2H3/b21-14-. The van der Waals surface area contributed by atoms with Crippen molar-refractivity contribution in [3.63, 3.8) is 0 Å². The first kappa shape index (κ1) is 16.8. The van der Waals surface area contributed by atoms with Crippen LogP contribution in [0.1, 0.15) is 57.9 Å². The van der Waals surface area contributed by atoms with E-state index in [1.54, 1.807) is 11.8 Å². The van der Waals surface area contributed by atoms with Gasteiger partial charge in [-0.1, -0.05) is 55.8 Å². The van der Waals surface area contributed by atoms with Gasteiger partial charge in [0.1, 0.15) is 0 Å². The molecule has 0 N–H and O–H groups in total. The van der Waals surface area contributed by atoms with Crippen LogP contribution in [0.15, 0.2) is 42.0 Å². The lowest BCUT2D eigenvalue weighted by Crippen LogP contribution is -2.13. The van der Waals surface area contributed by atoms with E-state index in [0.29, 0.717) is 6.54 Å². The summed E-state index contributed by atoms with van der Waals surface area (Å²) in [5.74, 6) is 1.65. The van der Waals surface area contributed by atoms with Gasteiger partial charge in [-0.25, -0.2) is 4.74 Å². The zero-order chi connectivity index (χ0) is 15.8. The minimum absolute atomic E-state index is 0.457. The number of hydroxylamine groups is 1. The van der Waals surface area contributed by atoms with Crippen LogP contribution in [0.2, 0.25) is 0 Å². The largest absolute Gasteiger partial charge is 0.624 e. The zero-order valence-electron chi connectivity index (χ0n) is 14.0. The van der Waals surface area contributed by atoms with E-state index in [9.17, 15) is 5.21 Å². The molecule has 120 valence electrons. The summed E-state index contributed by atoms with van der Waals surface area (Å²) in [6.07, 6.45) is 11.2. The molecule has 2 heteroatoms. The summed E-state index contributed by atoms with van der Waals surface area (Å²) in [5.41, 5.74) is 2.68. The Labute approximate surface area is 135 Å². The summed E-state index contributed by atoms with van der Waals surface area (Å²) in [6, 6.07) is 9.92. The van der Waals surface area contributed by atoms with Crippen molar-refractivity contribution in [1.82, 2.24) is 0 Å². The van der Waals surface area contributed by atoms with Gasteiger partial charge in [0.25, 0.3) is 0 Å². The third-order valence-electron chi connectivity index (χ3n) is 4.65. The minimum atomic E-state index is 0.457. The van der Waals surface area contributed by atoms with Gasteiger partial charge in [-0.2, -0.15) is 0 Å². The average molecular weight is 299 g/mol. The molecule has 0 fully saturated rings. The van der Waals surface area contributed by atoms with Gasteiger partial charge in [-0.3, -0.25) is 0 Å². The first-order chi connectivity index (χ1) is 10.6. The van der Waals surface area contributed by atoms with E-state index in [1.807, 2.05) is 30.3 Å². The van der Waals surface area contributed by atoms with E-state index < -0.39 is 0 Å². The summed E-state index contributed by atoms with van der Waals surface area (Å²) in [6.45, 7) is 5.12. The fourth-order valence-electron chi connectivity index (χ4n) is 3.19. The molecule has 22 heavy (non-hydrogen) atoms. The lowest BCUT2D eigenvalue weighted by atomic mass is 9.80. The maximum atomic E-state index is 11.9. The van der Waals surface area contributed by atoms with E-state index in [4.69, 9.17) is 0 Å². The second-order valence-electron chi connectivity index (χ2n) is 6.78. The molecule has 1 aliphatic rings. The molecule has 0 spiro atoms. The third-order valence-corrected chi connectivity index (χ3v) is 4.65. The summed E-state index contributed by atoms with van der Waals surface area (Å²) in [5, 5.41) is 11.9. The Hall–Kier alpha value is -1.57. The Kier molecular flexibility index (Phi) is 6.70. The van der Waals surface area contributed by atoms with Crippen molar-refractivity contribution < 1.29 is 4.74 Å². The highest BCUT2D eigenvalue weighted by Crippen LogP contribution is 2.31. The number of hydrogen-bond acceptors (Lipinski definition) is 1. The van der Waals surface area contributed by atoms with Gasteiger partial charge in [0.15, 0.2) is 12.8 Å². The smallest absolute Gasteiger partial charge is 0.178 e. The van der Waals surface area contributed by atoms with Crippen LogP contribution in [0.25, 0.3) is 0 Å². The van der Waals surface area contributed by atoms with Gasteiger partial charge in [0.05, 0.1) is 0 Å². The van der Waals surface area contributed by atoms with E-state index in [2.05, 4.69) is 19.9 Å². The highest BCUT2D eigenvalue weighted by atomic mass is 16.5. The number of unbranched alkanes of at least 4 members (excludes halogenated alkanes) is 1. The predicted molar refractivity (Wildman–Crippen MR) is 94.0 cm³/mol. The van der Waals surface area contributed by atoms with E-state index in [1.165, 1.54) is 19.3 Å². The molecular formula is C20H29NO. The van der Waals surface area contributed by atoms with Crippen LogP contribution in [0.3, 0.4) is 0 Å². The van der Waals surface area contributed by atoms with Crippen LogP contribution >= 0.6 is 0 Å². The number of hydrogen-bond donors (Lipinski definition) is 0. The molecule has 0 saturated carbocycles. The second kappa shape index (κ2) is 8.77. The fourth-order valence-corrected chi connectivity index (χ4v) is 3.19. The molecule has 2 rings (SSSR count). The van der Waals surface area contributed by atoms with Crippen molar-refractivity contribution >= 4 is 6.21 Å². The summed E-state index contributed by atoms with van der Waals surface area (Å²) in [7, 11) is 0. The molecule has 0 saturated heterocycles. The van der Waals surface area contributed by atoms with E-state index in [0.717, 1.165) is 41.4 Å². The summed E-state index contributed by atoms with van der Waals surface area (Å²) < 4.78 is 1.07. The van der Waals surface area contributed by atoms with Gasteiger partial charge >= 0.3 is 0 Å². The van der Waals surface area contributed by atoms with Crippen molar-refractivity contribution in [2.45, 2.75) is 58.9 Å². The summed E-state index contributed by atoms with van der Waals surface area (Å²) in [4.78, 5) is 0. The SMILES string of the molecule is CC(C)C1CCC=C(CCC/C=[N+](\[O-])Cc2ccccc2)C1. The molecule has 0 heterocycles. The number of nitrogens with zero attached hydrogens (tertiary/aromatic N) is 1. The molecule has 1 aromatic rings. The van der Waals surface area contributed by atoms with Gasteiger partial charge in [0.2, 0.25) is 0 Å². The minimum Gasteiger partial charge on any atom is -0.624 e. The summed E-state index contributed by atoms with van der Waals surface area (Å²) >= 11 is 0. The molecule has 1 unspecified atom stereocenters. The fraction of sp³-hybridized carbons (Fsp3) is 0.550. The molecule has 0 bridgehead atoms. The number of rotatable bonds is 7. The molecule has 1 atom stereocenters. The Balaban J connectivity index is 1.70. The van der Waals surface area contributed by atoms with E-state index in [-0.39, 0.29) is 0 Å². The Morgan fingerprint density at radius 1 is 1.27 bits per heavy atom. The molecule has 2 nitrogen and oxygen atoms in total. The van der Waals surface area contributed by atoms with Crippen LogP contribution in [-0.4, -0.2) is 11.0 Å². The normalized spacial score (nSPS) is 19.3. The lowest BCUT2D eigenvalue weighted by molar-refractivity contribution is -0.471. The Morgan fingerprint density at radius 2 is 2.05 bits per heavy atom. The highest BCUT2D eigenvalue weighted by Gasteiger charge is 2.18. The van der Waals surface area contributed by atoms with Crippen molar-refractivity contribution in [2.75, 3.05) is 0 Å². The maximum absolute atomic E-state index is 11.9. The van der Waals surface area contributed by atoms with E-state index >= 15 is 0 Å². The monoisotopic (exact) mass is 299 g/mol. The quantitative estimate of drug-likeness (QED) is 0.167. The van der Waals surface area contributed by atoms with Crippen LogP contribution in [0, 0.1) is 17.0 Å². The molecule has 0 aromatic heterocycles. The molecular weight excluding hydrogens is 270 g/mol. The highest BCUT2D eigenvalue weighted by molar-refractivity contribution is 5.51. The van der Waals surface area contributed by atoms with Crippen molar-refractivity contribution in [3.05, 3.63) is 52.8 Å². The molecule has 0 radical (unpaired) electrons. The third kappa shape index (κ3) is 5.67. The predicted octanol–water partition coefficient (Wildman–Crippen LogP) is 5.32. The van der Waals surface area contributed by atoms with Crippen LogP contribution in [-0.2, 0) is 6.54 Å². The van der Waals surface area contributed by atoms with Crippen molar-refractivity contribution in [2.24, 2.45) is 11.8 Å². The number of allylic oxidation sites excluding steroid dienone is 2. The molecule has 1 aliphatic carbocycles. The maximum Gasteiger partial charge on any atom is 0.178 e. The van der Waals surface area contributed by atoms with Crippen LogP contribution in [0.5, 0.6) is 0 Å². The van der Waals surface area contributed by atoms with Gasteiger partial charge in [-0.05, 0) is 43.9 Å². The van der Waals surface area contributed by atoms with Gasteiger partial charge in [-0.15, -0.1) is 0 Å². The Morgan fingerprint density at radius 3 is 2.77 bits per heavy atom. The topological polar surface area (TPSA) is 26.1 Å². The van der Waals surface area contributed by atoms with Crippen molar-refractivity contribution in [1.29, 1.82) is 0 Å². The molecule has 0 aliphatic heterocycles. The average Bonchev–Trinajstić information content (AvgIpc) is 2.53. The van der Waals surface area contributed by atoms with Crippen molar-refractivity contribution in [3.8, 4) is 0 Å². The first-order valence-corrected chi connectivity index (χ1v) is 8.64. The lowest BCUT2D eigenvalue weighted by Gasteiger charge is -2.25.